The van der Waals surface area contributed by atoms with Crippen LogP contribution in [0.1, 0.15) is 23.4 Å². The van der Waals surface area contributed by atoms with E-state index in [1.54, 1.807) is 24.0 Å². The maximum atomic E-state index is 12.8. The molecule has 12 nitrogen and oxygen atoms in total. The fourth-order valence-electron chi connectivity index (χ4n) is 3.86. The van der Waals surface area contributed by atoms with E-state index in [1.807, 2.05) is 0 Å². The summed E-state index contributed by atoms with van der Waals surface area (Å²) in [5.41, 5.74) is 6.90. The molecular formula is C22H24F2N8O4. The Hall–Kier alpha value is -4.20. The number of nitrogens with two attached hydrogens (primary N) is 1. The van der Waals surface area contributed by atoms with E-state index in [0.29, 0.717) is 36.0 Å². The van der Waals surface area contributed by atoms with E-state index < -0.39 is 24.3 Å². The van der Waals surface area contributed by atoms with Gasteiger partial charge >= 0.3 is 5.97 Å². The molecule has 0 radical (unpaired) electrons. The zero-order valence-corrected chi connectivity index (χ0v) is 19.3. The van der Waals surface area contributed by atoms with Crippen LogP contribution in [0.25, 0.3) is 5.69 Å². The molecule has 4 rings (SSSR count). The molecule has 1 saturated heterocycles. The number of hydrogen-bond acceptors (Lipinski definition) is 9. The average molecular weight is 502 g/mol. The van der Waals surface area contributed by atoms with Gasteiger partial charge in [0.2, 0.25) is 11.8 Å². The van der Waals surface area contributed by atoms with E-state index in [2.05, 4.69) is 20.5 Å². The van der Waals surface area contributed by atoms with Crippen LogP contribution in [-0.2, 0) is 16.2 Å². The summed E-state index contributed by atoms with van der Waals surface area (Å²) in [4.78, 5) is 26.2. The zero-order valence-electron chi connectivity index (χ0n) is 19.3. The number of carboxylic acid groups (broad SMARTS) is 1. The van der Waals surface area contributed by atoms with Gasteiger partial charge in [-0.25, -0.2) is 13.5 Å². The minimum atomic E-state index is -2.56. The van der Waals surface area contributed by atoms with Gasteiger partial charge in [-0.15, -0.1) is 15.3 Å². The van der Waals surface area contributed by atoms with Crippen molar-refractivity contribution in [2.75, 3.05) is 31.1 Å². The van der Waals surface area contributed by atoms with Crippen molar-refractivity contribution in [3.8, 4) is 11.6 Å². The predicted molar refractivity (Wildman–Crippen MR) is 122 cm³/mol. The summed E-state index contributed by atoms with van der Waals surface area (Å²) in [6.07, 6.45) is -2.56. The number of alkyl halides is 2. The molecule has 14 heteroatoms. The number of amides is 1. The van der Waals surface area contributed by atoms with Crippen molar-refractivity contribution < 1.29 is 28.2 Å². The molecule has 1 aliphatic heterocycles. The first kappa shape index (κ1) is 24.9. The van der Waals surface area contributed by atoms with E-state index >= 15 is 0 Å². The highest BCUT2D eigenvalue weighted by Gasteiger charge is 2.33. The van der Waals surface area contributed by atoms with Crippen LogP contribution in [0.5, 0.6) is 5.88 Å². The van der Waals surface area contributed by atoms with Gasteiger partial charge in [0.15, 0.2) is 5.82 Å². The first-order valence-corrected chi connectivity index (χ1v) is 11.0. The number of hydrogen-bond donors (Lipinski definition) is 2. The first-order chi connectivity index (χ1) is 17.2. The van der Waals surface area contributed by atoms with Crippen LogP contribution in [0.3, 0.4) is 0 Å². The predicted octanol–water partition coefficient (Wildman–Crippen LogP) is 0.943. The SMILES string of the molecule is Cc1nnn(-c2ccc(C(F)F)cc2)c1COc1ccc(N2CCN(CC(N)=O)[C@@H](C(=O)O)C2)nn1. The molecule has 1 fully saturated rings. The number of aromatic nitrogens is 5. The summed E-state index contributed by atoms with van der Waals surface area (Å²) < 4.78 is 32.9. The summed E-state index contributed by atoms with van der Waals surface area (Å²) in [6, 6.07) is 8.08. The van der Waals surface area contributed by atoms with Gasteiger partial charge in [0.05, 0.1) is 17.9 Å². The molecule has 0 spiro atoms. The number of halogens is 2. The van der Waals surface area contributed by atoms with Gasteiger partial charge in [-0.2, -0.15) is 0 Å². The van der Waals surface area contributed by atoms with Gasteiger partial charge in [-0.1, -0.05) is 17.3 Å². The second-order valence-corrected chi connectivity index (χ2v) is 8.18. The Morgan fingerprint density at radius 3 is 2.50 bits per heavy atom. The lowest BCUT2D eigenvalue weighted by molar-refractivity contribution is -0.144. The quantitative estimate of drug-likeness (QED) is 0.432. The van der Waals surface area contributed by atoms with E-state index in [1.165, 1.54) is 33.8 Å². The highest BCUT2D eigenvalue weighted by Crippen LogP contribution is 2.22. The lowest BCUT2D eigenvalue weighted by Crippen LogP contribution is -2.58. The highest BCUT2D eigenvalue weighted by molar-refractivity contribution is 5.79. The molecule has 36 heavy (non-hydrogen) atoms. The van der Waals surface area contributed by atoms with Gasteiger partial charge < -0.3 is 20.5 Å². The Bertz CT molecular complexity index is 1220. The Morgan fingerprint density at radius 1 is 1.14 bits per heavy atom. The number of aliphatic carboxylic acids is 1. The maximum Gasteiger partial charge on any atom is 0.322 e. The summed E-state index contributed by atoms with van der Waals surface area (Å²) >= 11 is 0. The smallest absolute Gasteiger partial charge is 0.322 e. The van der Waals surface area contributed by atoms with Gasteiger partial charge in [0.25, 0.3) is 6.43 Å². The number of ether oxygens (including phenoxy) is 1. The van der Waals surface area contributed by atoms with E-state index in [-0.39, 0.29) is 31.1 Å². The number of carboxylic acids is 1. The molecule has 0 bridgehead atoms. The molecule has 2 aromatic heterocycles. The molecule has 1 aromatic carbocycles. The van der Waals surface area contributed by atoms with Crippen molar-refractivity contribution in [1.82, 2.24) is 30.1 Å². The summed E-state index contributed by atoms with van der Waals surface area (Å²) in [5, 5.41) is 25.9. The monoisotopic (exact) mass is 502 g/mol. The lowest BCUT2D eigenvalue weighted by atomic mass is 10.1. The third kappa shape index (κ3) is 5.54. The average Bonchev–Trinajstić information content (AvgIpc) is 3.23. The first-order valence-electron chi connectivity index (χ1n) is 11.0. The van der Waals surface area contributed by atoms with E-state index in [4.69, 9.17) is 10.5 Å². The third-order valence-electron chi connectivity index (χ3n) is 5.79. The number of anilines is 1. The molecular weight excluding hydrogens is 478 g/mol. The number of piperazine rings is 1. The van der Waals surface area contributed by atoms with Crippen LogP contribution in [0.2, 0.25) is 0 Å². The van der Waals surface area contributed by atoms with Crippen molar-refractivity contribution in [2.45, 2.75) is 26.0 Å². The van der Waals surface area contributed by atoms with Crippen molar-refractivity contribution in [3.05, 3.63) is 53.3 Å². The van der Waals surface area contributed by atoms with Gasteiger partial charge in [0.1, 0.15) is 18.3 Å². The Kier molecular flexibility index (Phi) is 7.33. The molecule has 1 aliphatic rings. The van der Waals surface area contributed by atoms with Crippen LogP contribution in [0.15, 0.2) is 36.4 Å². The number of rotatable bonds is 9. The molecule has 190 valence electrons. The maximum absolute atomic E-state index is 12.8. The molecule has 0 saturated carbocycles. The number of primary amides is 1. The summed E-state index contributed by atoms with van der Waals surface area (Å²) in [7, 11) is 0. The Balaban J connectivity index is 1.41. The van der Waals surface area contributed by atoms with Gasteiger partial charge in [-0.05, 0) is 25.1 Å². The van der Waals surface area contributed by atoms with Crippen molar-refractivity contribution in [2.24, 2.45) is 5.73 Å². The molecule has 0 aliphatic carbocycles. The van der Waals surface area contributed by atoms with Crippen molar-refractivity contribution in [3.63, 3.8) is 0 Å². The summed E-state index contributed by atoms with van der Waals surface area (Å²) in [6.45, 7) is 2.56. The number of benzene rings is 1. The second kappa shape index (κ2) is 10.6. The normalized spacial score (nSPS) is 16.3. The molecule has 0 unspecified atom stereocenters. The zero-order chi connectivity index (χ0) is 25.8. The molecule has 3 N–H and O–H groups in total. The molecule has 3 heterocycles. The molecule has 1 amide bonds. The van der Waals surface area contributed by atoms with Crippen LogP contribution < -0.4 is 15.4 Å². The van der Waals surface area contributed by atoms with Crippen LogP contribution >= 0.6 is 0 Å². The van der Waals surface area contributed by atoms with Crippen LogP contribution in [0, 0.1) is 6.92 Å². The number of nitrogens with zero attached hydrogens (tertiary/aromatic N) is 7. The minimum absolute atomic E-state index is 0.0519. The topological polar surface area (TPSA) is 153 Å². The Morgan fingerprint density at radius 2 is 1.89 bits per heavy atom. The van der Waals surface area contributed by atoms with E-state index in [9.17, 15) is 23.5 Å². The fourth-order valence-corrected chi connectivity index (χ4v) is 3.86. The lowest BCUT2D eigenvalue weighted by Gasteiger charge is -2.39. The standard InChI is InChI=1S/C22H24F2N8O4/c1-13-17(32(29-26-13)15-4-2-14(3-5-15)21(23)24)12-36-20-7-6-19(27-28-20)31-9-8-30(11-18(25)33)16(10-31)22(34)35/h2-7,16,21H,8-12H2,1H3,(H2,25,33)(H,34,35)/t16-/m1/s1. The van der Waals surface area contributed by atoms with Crippen molar-refractivity contribution >= 4 is 17.7 Å². The highest BCUT2D eigenvalue weighted by atomic mass is 19.3. The summed E-state index contributed by atoms with van der Waals surface area (Å²) in [5.74, 6) is -0.957. The number of aryl methyl sites for hydroxylation is 1. The molecule has 1 atom stereocenters. The molecule has 3 aromatic rings. The number of carbonyl (C=O) groups excluding carboxylic acids is 1. The van der Waals surface area contributed by atoms with E-state index in [0.717, 1.165) is 0 Å². The largest absolute Gasteiger partial charge is 0.480 e. The van der Waals surface area contributed by atoms with Gasteiger partial charge in [-0.3, -0.25) is 14.5 Å². The second-order valence-electron chi connectivity index (χ2n) is 8.18. The van der Waals surface area contributed by atoms with Crippen LogP contribution in [-0.4, -0.2) is 79.3 Å². The van der Waals surface area contributed by atoms with Gasteiger partial charge in [0, 0.05) is 31.3 Å². The third-order valence-corrected chi connectivity index (χ3v) is 5.79. The Labute approximate surface area is 204 Å². The fraction of sp³-hybridized carbons (Fsp3) is 0.364. The van der Waals surface area contributed by atoms with Crippen molar-refractivity contribution in [1.29, 1.82) is 0 Å². The van der Waals surface area contributed by atoms with Crippen LogP contribution in [0.4, 0.5) is 14.6 Å². The number of carbonyl (C=O) groups is 2. The minimum Gasteiger partial charge on any atom is -0.480 e.